The summed E-state index contributed by atoms with van der Waals surface area (Å²) in [5.41, 5.74) is 0.512. The van der Waals surface area contributed by atoms with Gasteiger partial charge in [0.2, 0.25) is 11.8 Å². The number of carbonyl (C=O) groups excluding carboxylic acids is 2. The zero-order chi connectivity index (χ0) is 17.8. The molecule has 5 heteroatoms. The zero-order valence-corrected chi connectivity index (χ0v) is 13.7. The van der Waals surface area contributed by atoms with Crippen molar-refractivity contribution in [2.75, 3.05) is 0 Å². The Morgan fingerprint density at radius 1 is 0.960 bits per heavy atom. The van der Waals surface area contributed by atoms with Gasteiger partial charge in [0.15, 0.2) is 0 Å². The summed E-state index contributed by atoms with van der Waals surface area (Å²) < 4.78 is 27.3. The molecule has 0 radical (unpaired) electrons. The van der Waals surface area contributed by atoms with Crippen LogP contribution < -0.4 is 0 Å². The highest BCUT2D eigenvalue weighted by molar-refractivity contribution is 6.11. The summed E-state index contributed by atoms with van der Waals surface area (Å²) in [6.07, 6.45) is 0.488. The Bertz CT molecular complexity index is 823. The molecule has 1 aliphatic heterocycles. The lowest BCUT2D eigenvalue weighted by atomic mass is 9.87. The molecule has 25 heavy (non-hydrogen) atoms. The molecule has 0 aromatic heterocycles. The van der Waals surface area contributed by atoms with E-state index in [1.165, 1.54) is 17.0 Å². The number of likely N-dealkylation sites (tertiary alicyclic amines) is 1. The van der Waals surface area contributed by atoms with Gasteiger partial charge in [-0.25, -0.2) is 8.78 Å². The first-order chi connectivity index (χ1) is 12.0. The topological polar surface area (TPSA) is 37.4 Å². The first kappa shape index (κ1) is 15.9. The van der Waals surface area contributed by atoms with Gasteiger partial charge in [-0.2, -0.15) is 0 Å². The molecule has 1 saturated heterocycles. The Balaban J connectivity index is 1.65. The van der Waals surface area contributed by atoms with Crippen LogP contribution >= 0.6 is 0 Å². The van der Waals surface area contributed by atoms with Gasteiger partial charge in [0.1, 0.15) is 11.6 Å². The first-order valence-corrected chi connectivity index (χ1v) is 8.34. The molecule has 2 atom stereocenters. The molecule has 2 unspecified atom stereocenters. The average molecular weight is 341 g/mol. The van der Waals surface area contributed by atoms with E-state index in [9.17, 15) is 18.4 Å². The van der Waals surface area contributed by atoms with Crippen molar-refractivity contribution in [1.29, 1.82) is 0 Å². The highest BCUT2D eigenvalue weighted by Crippen LogP contribution is 2.66. The van der Waals surface area contributed by atoms with E-state index in [1.807, 2.05) is 37.3 Å². The monoisotopic (exact) mass is 341 g/mol. The molecule has 0 N–H and O–H groups in total. The van der Waals surface area contributed by atoms with Crippen LogP contribution in [0.2, 0.25) is 0 Å². The van der Waals surface area contributed by atoms with Gasteiger partial charge < -0.3 is 0 Å². The maximum absolute atomic E-state index is 13.6. The molecule has 2 aromatic carbocycles. The lowest BCUT2D eigenvalue weighted by Gasteiger charge is -2.25. The number of fused-ring (bicyclic) bond motifs is 1. The molecule has 2 fully saturated rings. The Morgan fingerprint density at radius 3 is 2.04 bits per heavy atom. The van der Waals surface area contributed by atoms with Gasteiger partial charge >= 0.3 is 0 Å². The third-order valence-electron chi connectivity index (χ3n) is 5.57. The molecule has 2 amide bonds. The second-order valence-corrected chi connectivity index (χ2v) is 6.76. The molecule has 2 aliphatic rings. The number of hydrogen-bond acceptors (Lipinski definition) is 2. The molecule has 1 saturated carbocycles. The number of carbonyl (C=O) groups is 2. The highest BCUT2D eigenvalue weighted by Gasteiger charge is 2.76. The Morgan fingerprint density at radius 2 is 1.52 bits per heavy atom. The third-order valence-corrected chi connectivity index (χ3v) is 5.57. The number of halogens is 2. The van der Waals surface area contributed by atoms with Crippen LogP contribution in [-0.2, 0) is 21.5 Å². The van der Waals surface area contributed by atoms with Crippen molar-refractivity contribution < 1.29 is 18.4 Å². The van der Waals surface area contributed by atoms with Crippen LogP contribution in [0.4, 0.5) is 8.78 Å². The fourth-order valence-corrected chi connectivity index (χ4v) is 4.36. The van der Waals surface area contributed by atoms with Crippen molar-refractivity contribution in [3.8, 4) is 0 Å². The predicted octanol–water partition coefficient (Wildman–Crippen LogP) is 3.43. The van der Waals surface area contributed by atoms with Crippen LogP contribution in [0, 0.1) is 23.5 Å². The summed E-state index contributed by atoms with van der Waals surface area (Å²) in [6.45, 7) is 2.09. The van der Waals surface area contributed by atoms with Gasteiger partial charge in [-0.15, -0.1) is 0 Å². The van der Waals surface area contributed by atoms with Gasteiger partial charge in [-0.3, -0.25) is 14.5 Å². The van der Waals surface area contributed by atoms with Crippen LogP contribution in [0.1, 0.15) is 24.5 Å². The molecule has 4 rings (SSSR count). The molecule has 1 aliphatic carbocycles. The Kier molecular flexibility index (Phi) is 3.49. The smallest absolute Gasteiger partial charge is 0.234 e. The lowest BCUT2D eigenvalue weighted by Crippen LogP contribution is -2.38. The summed E-state index contributed by atoms with van der Waals surface area (Å²) in [6, 6.07) is 12.6. The highest BCUT2D eigenvalue weighted by atomic mass is 19.1. The average Bonchev–Trinajstić information content (AvgIpc) is 3.22. The summed E-state index contributed by atoms with van der Waals surface area (Å²) in [5.74, 6) is -2.90. The molecular formula is C20H17F2NO2. The normalized spacial score (nSPS) is 27.6. The van der Waals surface area contributed by atoms with Crippen molar-refractivity contribution in [2.45, 2.75) is 25.3 Å². The van der Waals surface area contributed by atoms with Crippen molar-refractivity contribution in [1.82, 2.24) is 4.90 Å². The van der Waals surface area contributed by atoms with Crippen molar-refractivity contribution >= 4 is 11.8 Å². The second kappa shape index (κ2) is 5.48. The summed E-state index contributed by atoms with van der Waals surface area (Å²) >= 11 is 0. The standard InChI is InChI=1S/C20H17F2NO2/c1-2-20(13-8-14(21)10-15(22)9-13)16-17(20)19(25)23(18(16)24)11-12-6-4-3-5-7-12/h3-10,16-17H,2,11H2,1H3. The minimum atomic E-state index is -0.774. The Hall–Kier alpha value is -2.56. The van der Waals surface area contributed by atoms with Gasteiger partial charge in [0.25, 0.3) is 0 Å². The van der Waals surface area contributed by atoms with Crippen molar-refractivity contribution in [3.63, 3.8) is 0 Å². The van der Waals surface area contributed by atoms with E-state index in [2.05, 4.69) is 0 Å². The molecular weight excluding hydrogens is 324 g/mol. The molecule has 3 nitrogen and oxygen atoms in total. The number of amides is 2. The van der Waals surface area contributed by atoms with E-state index in [-0.39, 0.29) is 18.4 Å². The maximum atomic E-state index is 13.6. The van der Waals surface area contributed by atoms with Gasteiger partial charge in [0.05, 0.1) is 18.4 Å². The van der Waals surface area contributed by atoms with Crippen LogP contribution in [0.3, 0.4) is 0 Å². The molecule has 2 aromatic rings. The van der Waals surface area contributed by atoms with Gasteiger partial charge in [-0.05, 0) is 29.7 Å². The van der Waals surface area contributed by atoms with E-state index in [0.717, 1.165) is 11.6 Å². The largest absolute Gasteiger partial charge is 0.278 e. The van der Waals surface area contributed by atoms with Crippen LogP contribution in [0.15, 0.2) is 48.5 Å². The Labute approximate surface area is 144 Å². The van der Waals surface area contributed by atoms with E-state index >= 15 is 0 Å². The molecule has 0 spiro atoms. The second-order valence-electron chi connectivity index (χ2n) is 6.76. The number of rotatable bonds is 4. The fraction of sp³-hybridized carbons (Fsp3) is 0.300. The van der Waals surface area contributed by atoms with Crippen LogP contribution in [-0.4, -0.2) is 16.7 Å². The minimum Gasteiger partial charge on any atom is -0.278 e. The summed E-state index contributed by atoms with van der Waals surface area (Å²) in [5, 5.41) is 0. The van der Waals surface area contributed by atoms with E-state index in [4.69, 9.17) is 0 Å². The van der Waals surface area contributed by atoms with Crippen LogP contribution in [0.25, 0.3) is 0 Å². The predicted molar refractivity (Wildman–Crippen MR) is 87.3 cm³/mol. The van der Waals surface area contributed by atoms with E-state index in [1.54, 1.807) is 0 Å². The zero-order valence-electron chi connectivity index (χ0n) is 13.7. The number of nitrogens with zero attached hydrogens (tertiary/aromatic N) is 1. The lowest BCUT2D eigenvalue weighted by molar-refractivity contribution is -0.143. The molecule has 1 heterocycles. The number of piperidine rings is 1. The minimum absolute atomic E-state index is 0.239. The molecule has 0 bridgehead atoms. The van der Waals surface area contributed by atoms with Crippen molar-refractivity contribution in [3.05, 3.63) is 71.3 Å². The molecule has 128 valence electrons. The first-order valence-electron chi connectivity index (χ1n) is 8.34. The number of imide groups is 1. The van der Waals surface area contributed by atoms with Gasteiger partial charge in [0, 0.05) is 11.5 Å². The fourth-order valence-electron chi connectivity index (χ4n) is 4.36. The summed E-state index contributed by atoms with van der Waals surface area (Å²) in [7, 11) is 0. The SMILES string of the molecule is CCC1(c2cc(F)cc(F)c2)C2C(=O)N(Cc3ccccc3)C(=O)C21. The number of hydrogen-bond donors (Lipinski definition) is 0. The third kappa shape index (κ3) is 2.22. The number of benzene rings is 2. The van der Waals surface area contributed by atoms with Crippen molar-refractivity contribution in [2.24, 2.45) is 11.8 Å². The quantitative estimate of drug-likeness (QED) is 0.799. The summed E-state index contributed by atoms with van der Waals surface area (Å²) in [4.78, 5) is 26.9. The van der Waals surface area contributed by atoms with E-state index < -0.39 is 28.9 Å². The van der Waals surface area contributed by atoms with E-state index in [0.29, 0.717) is 12.0 Å². The van der Waals surface area contributed by atoms with Gasteiger partial charge in [-0.1, -0.05) is 37.3 Å². The van der Waals surface area contributed by atoms with Crippen LogP contribution in [0.5, 0.6) is 0 Å². The maximum Gasteiger partial charge on any atom is 0.234 e.